The number of esters is 1. The van der Waals surface area contributed by atoms with E-state index in [0.29, 0.717) is 30.6 Å². The standard InChI is InChI=1S/C23H17N3O6/c24-13-22-20(14-5-2-1-3-6-14)19-17(27)7-4-8-18(19)31-23(22,25-22)32-21(28)15-9-11-16(12-10-15)26(29)30/h1-3,5-6,9-12,20,25H,4,7-8H2. The van der Waals surface area contributed by atoms with E-state index in [4.69, 9.17) is 9.47 Å². The molecule has 0 spiro atoms. The summed E-state index contributed by atoms with van der Waals surface area (Å²) in [5, 5.41) is 23.9. The molecule has 2 aromatic rings. The van der Waals surface area contributed by atoms with Gasteiger partial charge in [-0.2, -0.15) is 5.26 Å². The topological polar surface area (TPSA) is 141 Å². The van der Waals surface area contributed by atoms with Crippen LogP contribution in [0.4, 0.5) is 5.69 Å². The molecule has 1 aliphatic carbocycles. The van der Waals surface area contributed by atoms with Crippen LogP contribution in [0, 0.1) is 21.4 Å². The number of rotatable bonds is 4. The van der Waals surface area contributed by atoms with E-state index >= 15 is 0 Å². The SMILES string of the molecule is N#CC12NC1(OC(=O)c1ccc([N+](=O)[O-])cc1)OC1=C(C(=O)CCC1)C2c1ccccc1. The molecular formula is C23H17N3O6. The Labute approximate surface area is 182 Å². The summed E-state index contributed by atoms with van der Waals surface area (Å²) in [4.78, 5) is 36.0. The van der Waals surface area contributed by atoms with Crippen LogP contribution in [0.2, 0.25) is 0 Å². The Hall–Kier alpha value is -4.03. The first kappa shape index (κ1) is 19.9. The zero-order valence-corrected chi connectivity index (χ0v) is 16.7. The van der Waals surface area contributed by atoms with Crippen molar-refractivity contribution in [1.29, 1.82) is 5.26 Å². The molecule has 2 heterocycles. The number of nitriles is 1. The zero-order chi connectivity index (χ0) is 22.5. The second-order valence-electron chi connectivity index (χ2n) is 7.91. The fourth-order valence-electron chi connectivity index (χ4n) is 4.51. The number of ketones is 1. The number of Topliss-reactive ketones (excluding diaryl/α,β-unsaturated/α-hetero) is 1. The molecule has 0 saturated carbocycles. The van der Waals surface area contributed by atoms with Gasteiger partial charge in [-0.15, -0.1) is 0 Å². The molecule has 0 radical (unpaired) electrons. The summed E-state index contributed by atoms with van der Waals surface area (Å²) in [5.41, 5.74) is -0.387. The third-order valence-electron chi connectivity index (χ3n) is 6.07. The minimum absolute atomic E-state index is 0.0740. The summed E-state index contributed by atoms with van der Waals surface area (Å²) in [6.45, 7) is 0. The molecule has 1 saturated heterocycles. The summed E-state index contributed by atoms with van der Waals surface area (Å²) in [5.74, 6) is -2.89. The van der Waals surface area contributed by atoms with Crippen molar-refractivity contribution in [2.75, 3.05) is 0 Å². The number of ether oxygens (including phenoxy) is 2. The molecular weight excluding hydrogens is 414 g/mol. The third kappa shape index (κ3) is 2.81. The van der Waals surface area contributed by atoms with Gasteiger partial charge in [0.15, 0.2) is 5.78 Å². The molecule has 5 rings (SSSR count). The van der Waals surface area contributed by atoms with Gasteiger partial charge in [-0.25, -0.2) is 10.1 Å². The van der Waals surface area contributed by atoms with Gasteiger partial charge < -0.3 is 9.47 Å². The van der Waals surface area contributed by atoms with E-state index in [9.17, 15) is 25.0 Å². The van der Waals surface area contributed by atoms with Crippen LogP contribution in [0.15, 0.2) is 65.9 Å². The molecule has 2 aromatic carbocycles. The predicted molar refractivity (Wildman–Crippen MR) is 109 cm³/mol. The highest BCUT2D eigenvalue weighted by Crippen LogP contribution is 2.59. The van der Waals surface area contributed by atoms with E-state index < -0.39 is 28.3 Å². The summed E-state index contributed by atoms with van der Waals surface area (Å²) >= 11 is 0. The highest BCUT2D eigenvalue weighted by molar-refractivity contribution is 5.99. The zero-order valence-electron chi connectivity index (χ0n) is 16.7. The van der Waals surface area contributed by atoms with Gasteiger partial charge in [0, 0.05) is 30.5 Å². The van der Waals surface area contributed by atoms with E-state index in [0.717, 1.165) is 5.56 Å². The number of benzene rings is 2. The minimum Gasteiger partial charge on any atom is -0.441 e. The van der Waals surface area contributed by atoms with Crippen molar-refractivity contribution < 1.29 is 24.0 Å². The van der Waals surface area contributed by atoms with Gasteiger partial charge in [-0.05, 0) is 24.1 Å². The molecule has 1 N–H and O–H groups in total. The monoisotopic (exact) mass is 431 g/mol. The average Bonchev–Trinajstić information content (AvgIpc) is 3.46. The molecule has 9 heteroatoms. The number of nitrogens with one attached hydrogen (secondary N) is 1. The van der Waals surface area contributed by atoms with E-state index in [2.05, 4.69) is 11.4 Å². The van der Waals surface area contributed by atoms with E-state index in [1.54, 1.807) is 0 Å². The number of non-ortho nitro benzene ring substituents is 1. The summed E-state index contributed by atoms with van der Waals surface area (Å²) in [6, 6.07) is 16.3. The Morgan fingerprint density at radius 2 is 1.91 bits per heavy atom. The summed E-state index contributed by atoms with van der Waals surface area (Å²) in [6.07, 6.45) is 1.46. The molecule has 3 atom stereocenters. The molecule has 9 nitrogen and oxygen atoms in total. The lowest BCUT2D eigenvalue weighted by molar-refractivity contribution is -0.384. The van der Waals surface area contributed by atoms with Gasteiger partial charge in [0.2, 0.25) is 5.54 Å². The number of carbonyl (C=O) groups is 2. The first-order valence-corrected chi connectivity index (χ1v) is 10.1. The third-order valence-corrected chi connectivity index (χ3v) is 6.07. The lowest BCUT2D eigenvalue weighted by Crippen LogP contribution is -2.44. The van der Waals surface area contributed by atoms with Crippen LogP contribution >= 0.6 is 0 Å². The first-order valence-electron chi connectivity index (χ1n) is 10.1. The Bertz CT molecular complexity index is 1220. The van der Waals surface area contributed by atoms with Crippen LogP contribution in [0.25, 0.3) is 0 Å². The van der Waals surface area contributed by atoms with Gasteiger partial charge in [-0.3, -0.25) is 14.9 Å². The van der Waals surface area contributed by atoms with E-state index in [1.807, 2.05) is 30.3 Å². The average molecular weight is 431 g/mol. The number of carbonyl (C=O) groups excluding carboxylic acids is 2. The van der Waals surface area contributed by atoms with Crippen molar-refractivity contribution in [3.05, 3.63) is 87.2 Å². The molecule has 0 aromatic heterocycles. The lowest BCUT2D eigenvalue weighted by Gasteiger charge is -2.35. The van der Waals surface area contributed by atoms with Gasteiger partial charge >= 0.3 is 11.9 Å². The molecule has 1 fully saturated rings. The highest BCUT2D eigenvalue weighted by atomic mass is 16.8. The highest BCUT2D eigenvalue weighted by Gasteiger charge is 2.82. The molecule has 0 bridgehead atoms. The molecule has 3 aliphatic rings. The largest absolute Gasteiger partial charge is 0.441 e. The number of hydrogen-bond acceptors (Lipinski definition) is 8. The van der Waals surface area contributed by atoms with Crippen molar-refractivity contribution in [3.8, 4) is 6.07 Å². The first-order chi connectivity index (χ1) is 15.4. The Morgan fingerprint density at radius 3 is 2.56 bits per heavy atom. The maximum absolute atomic E-state index is 12.8. The smallest absolute Gasteiger partial charge is 0.351 e. The Morgan fingerprint density at radius 1 is 1.19 bits per heavy atom. The van der Waals surface area contributed by atoms with Crippen molar-refractivity contribution in [1.82, 2.24) is 5.32 Å². The second-order valence-corrected chi connectivity index (χ2v) is 7.91. The number of nitro benzene ring substituents is 1. The van der Waals surface area contributed by atoms with Gasteiger partial charge in [0.25, 0.3) is 5.69 Å². The van der Waals surface area contributed by atoms with Crippen LogP contribution in [-0.2, 0) is 14.3 Å². The van der Waals surface area contributed by atoms with Crippen LogP contribution in [0.1, 0.15) is 41.1 Å². The van der Waals surface area contributed by atoms with Crippen molar-refractivity contribution in [3.63, 3.8) is 0 Å². The van der Waals surface area contributed by atoms with Crippen LogP contribution in [0.5, 0.6) is 0 Å². The lowest BCUT2D eigenvalue weighted by atomic mass is 9.73. The molecule has 32 heavy (non-hydrogen) atoms. The maximum atomic E-state index is 12.8. The molecule has 160 valence electrons. The number of hydrogen-bond donors (Lipinski definition) is 1. The van der Waals surface area contributed by atoms with E-state index in [-0.39, 0.29) is 17.0 Å². The Kier molecular flexibility index (Phi) is 4.36. The fourth-order valence-corrected chi connectivity index (χ4v) is 4.51. The number of allylic oxidation sites excluding steroid dienone is 1. The maximum Gasteiger partial charge on any atom is 0.351 e. The van der Waals surface area contributed by atoms with Crippen molar-refractivity contribution >= 4 is 17.4 Å². The van der Waals surface area contributed by atoms with Gasteiger partial charge in [0.05, 0.1) is 22.5 Å². The molecule has 2 aliphatic heterocycles. The molecule has 3 unspecified atom stereocenters. The predicted octanol–water partition coefficient (Wildman–Crippen LogP) is 3.09. The minimum atomic E-state index is -1.75. The summed E-state index contributed by atoms with van der Waals surface area (Å²) in [7, 11) is 0. The molecule has 0 amide bonds. The summed E-state index contributed by atoms with van der Waals surface area (Å²) < 4.78 is 11.7. The second kappa shape index (κ2) is 7.00. The van der Waals surface area contributed by atoms with E-state index in [1.165, 1.54) is 24.3 Å². The van der Waals surface area contributed by atoms with Crippen LogP contribution in [-0.4, -0.2) is 28.1 Å². The van der Waals surface area contributed by atoms with Crippen LogP contribution in [0.3, 0.4) is 0 Å². The number of nitrogens with zero attached hydrogens (tertiary/aromatic N) is 2. The van der Waals surface area contributed by atoms with Gasteiger partial charge in [0.1, 0.15) is 5.76 Å². The quantitative estimate of drug-likeness (QED) is 0.337. The van der Waals surface area contributed by atoms with Gasteiger partial charge in [-0.1, -0.05) is 30.3 Å². The normalized spacial score (nSPS) is 28.0. The number of fused-ring (bicyclic) bond motifs is 1. The van der Waals surface area contributed by atoms with Crippen molar-refractivity contribution in [2.24, 2.45) is 0 Å². The van der Waals surface area contributed by atoms with Crippen molar-refractivity contribution in [2.45, 2.75) is 36.6 Å². The fraction of sp³-hybridized carbons (Fsp3) is 0.261. The Balaban J connectivity index is 1.54. The number of nitro groups is 1. The van der Waals surface area contributed by atoms with Crippen LogP contribution < -0.4 is 5.32 Å².